The van der Waals surface area contributed by atoms with Gasteiger partial charge < -0.3 is 9.30 Å². The number of pyridine rings is 1. The summed E-state index contributed by atoms with van der Waals surface area (Å²) in [5.74, 6) is -0.0886. The number of nitrogens with zero attached hydrogens (tertiary/aromatic N) is 5. The Hall–Kier alpha value is -3.60. The van der Waals surface area contributed by atoms with Crippen LogP contribution in [0.2, 0.25) is 0 Å². The zero-order valence-corrected chi connectivity index (χ0v) is 18.5. The van der Waals surface area contributed by atoms with Gasteiger partial charge in [-0.15, -0.1) is 11.3 Å². The third-order valence-electron chi connectivity index (χ3n) is 4.96. The number of aromatic amines is 1. The van der Waals surface area contributed by atoms with Crippen molar-refractivity contribution in [2.24, 2.45) is 7.05 Å². The summed E-state index contributed by atoms with van der Waals surface area (Å²) in [6.45, 7) is 2.34. The molecule has 0 unspecified atom stereocenters. The highest BCUT2D eigenvalue weighted by Gasteiger charge is 2.18. The van der Waals surface area contributed by atoms with Gasteiger partial charge in [0.05, 0.1) is 17.8 Å². The second-order valence-electron chi connectivity index (χ2n) is 7.22. The number of carbonyl (C=O) groups excluding carboxylic acids is 1. The van der Waals surface area contributed by atoms with E-state index in [-0.39, 0.29) is 18.5 Å². The van der Waals surface area contributed by atoms with E-state index in [0.717, 1.165) is 23.5 Å². The van der Waals surface area contributed by atoms with Crippen LogP contribution in [0.15, 0.2) is 39.4 Å². The van der Waals surface area contributed by atoms with Crippen LogP contribution >= 0.6 is 11.3 Å². The van der Waals surface area contributed by atoms with Crippen LogP contribution in [0.5, 0.6) is 0 Å². The van der Waals surface area contributed by atoms with Crippen LogP contribution in [-0.4, -0.2) is 35.0 Å². The largest absolute Gasteiger partial charge is 0.457 e. The first-order valence-electron chi connectivity index (χ1n) is 10.2. The van der Waals surface area contributed by atoms with E-state index in [1.165, 1.54) is 15.9 Å². The average molecular weight is 455 g/mol. The molecule has 0 amide bonds. The molecule has 0 saturated heterocycles. The van der Waals surface area contributed by atoms with Gasteiger partial charge in [-0.3, -0.25) is 24.1 Å². The van der Waals surface area contributed by atoms with Crippen LogP contribution in [0.4, 0.5) is 0 Å². The number of nitrogens with one attached hydrogen (secondary N) is 1. The minimum atomic E-state index is -0.519. The smallest absolute Gasteiger partial charge is 0.330 e. The number of rotatable bonds is 8. The van der Waals surface area contributed by atoms with Gasteiger partial charge in [0.15, 0.2) is 11.2 Å². The van der Waals surface area contributed by atoms with Crippen molar-refractivity contribution < 1.29 is 9.53 Å². The molecule has 4 aromatic heterocycles. The summed E-state index contributed by atoms with van der Waals surface area (Å²) in [6, 6.07) is 5.56. The zero-order chi connectivity index (χ0) is 22.7. The zero-order valence-electron chi connectivity index (χ0n) is 17.7. The molecule has 0 spiro atoms. The van der Waals surface area contributed by atoms with E-state index < -0.39 is 17.2 Å². The second-order valence-corrected chi connectivity index (χ2v) is 8.08. The van der Waals surface area contributed by atoms with Gasteiger partial charge in [-0.2, -0.15) is 0 Å². The molecule has 0 aromatic carbocycles. The summed E-state index contributed by atoms with van der Waals surface area (Å²) in [5.41, 5.74) is 0.887. The number of thiazole rings is 1. The van der Waals surface area contributed by atoms with Crippen LogP contribution in [0.3, 0.4) is 0 Å². The Morgan fingerprint density at radius 2 is 2.09 bits per heavy atom. The molecule has 0 radical (unpaired) electrons. The summed E-state index contributed by atoms with van der Waals surface area (Å²) >= 11 is 1.41. The quantitative estimate of drug-likeness (QED) is 0.404. The van der Waals surface area contributed by atoms with Gasteiger partial charge in [0.1, 0.15) is 17.4 Å². The minimum Gasteiger partial charge on any atom is -0.457 e. The van der Waals surface area contributed by atoms with Crippen molar-refractivity contribution >= 4 is 28.5 Å². The maximum Gasteiger partial charge on any atom is 0.330 e. The lowest BCUT2D eigenvalue weighted by atomic mass is 10.3. The van der Waals surface area contributed by atoms with E-state index in [9.17, 15) is 14.4 Å². The van der Waals surface area contributed by atoms with Crippen LogP contribution < -0.4 is 11.2 Å². The number of fused-ring (bicyclic) bond motifs is 1. The number of H-pyrrole nitrogens is 1. The lowest BCUT2D eigenvalue weighted by molar-refractivity contribution is -0.144. The molecule has 0 aliphatic carbocycles. The molecule has 4 heterocycles. The maximum absolute atomic E-state index is 12.4. The molecular formula is C21H22N6O4S. The molecule has 11 heteroatoms. The average Bonchev–Trinajstić information content (AvgIpc) is 3.37. The van der Waals surface area contributed by atoms with Crippen molar-refractivity contribution in [2.75, 3.05) is 0 Å². The Bertz CT molecular complexity index is 1370. The van der Waals surface area contributed by atoms with Crippen molar-refractivity contribution in [3.63, 3.8) is 0 Å². The lowest BCUT2D eigenvalue weighted by Crippen LogP contribution is -2.31. The summed E-state index contributed by atoms with van der Waals surface area (Å²) in [4.78, 5) is 52.3. The van der Waals surface area contributed by atoms with Crippen molar-refractivity contribution in [1.29, 1.82) is 0 Å². The fourth-order valence-electron chi connectivity index (χ4n) is 3.28. The molecule has 10 nitrogen and oxygen atoms in total. The van der Waals surface area contributed by atoms with Gasteiger partial charge in [0.2, 0.25) is 0 Å². The van der Waals surface area contributed by atoms with E-state index in [1.54, 1.807) is 23.2 Å². The molecule has 0 atom stereocenters. The predicted octanol–water partition coefficient (Wildman–Crippen LogP) is 2.03. The summed E-state index contributed by atoms with van der Waals surface area (Å²) in [5, 5.41) is 2.53. The molecular weight excluding hydrogens is 432 g/mol. The number of aromatic nitrogens is 6. The number of aryl methyl sites for hydroxylation is 2. The van der Waals surface area contributed by atoms with Crippen molar-refractivity contribution in [3.8, 4) is 10.7 Å². The van der Waals surface area contributed by atoms with Crippen LogP contribution in [0.25, 0.3) is 21.9 Å². The summed E-state index contributed by atoms with van der Waals surface area (Å²) in [6.07, 6.45) is 3.36. The van der Waals surface area contributed by atoms with E-state index >= 15 is 0 Å². The fourth-order valence-corrected chi connectivity index (χ4v) is 4.08. The van der Waals surface area contributed by atoms with Crippen LogP contribution in [0, 0.1) is 0 Å². The van der Waals surface area contributed by atoms with Gasteiger partial charge >= 0.3 is 11.7 Å². The van der Waals surface area contributed by atoms with Gasteiger partial charge in [-0.05, 0) is 18.6 Å². The topological polar surface area (TPSA) is 125 Å². The number of carbonyl (C=O) groups is 1. The standard InChI is InChI=1S/C21H22N6O4S/c1-3-4-9-27-18-17(19(29)25-21(27)30)26(2)15(24-18)11-31-16(28)10-13-12-32-20(23-13)14-7-5-6-8-22-14/h5-8,12H,3-4,9-11H2,1-2H3,(H,25,29,30). The number of ether oxygens (including phenoxy) is 1. The number of esters is 1. The van der Waals surface area contributed by atoms with E-state index in [4.69, 9.17) is 4.74 Å². The minimum absolute atomic E-state index is 0.00900. The molecule has 32 heavy (non-hydrogen) atoms. The van der Waals surface area contributed by atoms with Gasteiger partial charge in [0.25, 0.3) is 5.56 Å². The molecule has 0 bridgehead atoms. The first-order valence-corrected chi connectivity index (χ1v) is 11.1. The van der Waals surface area contributed by atoms with Crippen molar-refractivity contribution in [2.45, 2.75) is 39.3 Å². The van der Waals surface area contributed by atoms with Crippen molar-refractivity contribution in [1.82, 2.24) is 29.1 Å². The van der Waals surface area contributed by atoms with Gasteiger partial charge in [-0.25, -0.2) is 14.8 Å². The monoisotopic (exact) mass is 454 g/mol. The number of unbranched alkanes of at least 4 members (excludes halogenated alkanes) is 1. The number of hydrogen-bond acceptors (Lipinski definition) is 8. The molecule has 166 valence electrons. The Labute approximate surface area is 186 Å². The number of hydrogen-bond donors (Lipinski definition) is 1. The molecule has 1 N–H and O–H groups in total. The van der Waals surface area contributed by atoms with Gasteiger partial charge in [0, 0.05) is 25.2 Å². The normalized spacial score (nSPS) is 11.2. The highest BCUT2D eigenvalue weighted by atomic mass is 32.1. The SMILES string of the molecule is CCCCn1c(=O)[nH]c(=O)c2c1nc(COC(=O)Cc1csc(-c3ccccn3)n1)n2C. The van der Waals surface area contributed by atoms with Crippen molar-refractivity contribution in [3.05, 3.63) is 62.1 Å². The molecule has 0 fully saturated rings. The van der Waals surface area contributed by atoms with Gasteiger partial charge in [-0.1, -0.05) is 19.4 Å². The molecule has 4 aromatic rings. The third-order valence-corrected chi connectivity index (χ3v) is 5.88. The highest BCUT2D eigenvalue weighted by Crippen LogP contribution is 2.21. The highest BCUT2D eigenvalue weighted by molar-refractivity contribution is 7.13. The Balaban J connectivity index is 1.48. The predicted molar refractivity (Wildman–Crippen MR) is 119 cm³/mol. The number of imidazole rings is 1. The summed E-state index contributed by atoms with van der Waals surface area (Å²) in [7, 11) is 1.65. The Morgan fingerprint density at radius 1 is 1.25 bits per heavy atom. The Kier molecular flexibility index (Phi) is 6.26. The lowest BCUT2D eigenvalue weighted by Gasteiger charge is -2.04. The fraction of sp³-hybridized carbons (Fsp3) is 0.333. The molecule has 4 rings (SSSR count). The third kappa shape index (κ3) is 4.37. The van der Waals surface area contributed by atoms with E-state index in [1.807, 2.05) is 25.1 Å². The summed E-state index contributed by atoms with van der Waals surface area (Å²) < 4.78 is 8.37. The molecule has 0 saturated carbocycles. The molecule has 0 aliphatic heterocycles. The second kappa shape index (κ2) is 9.27. The molecule has 0 aliphatic rings. The van der Waals surface area contributed by atoms with E-state index in [2.05, 4.69) is 19.9 Å². The maximum atomic E-state index is 12.4. The first kappa shape index (κ1) is 21.6. The Morgan fingerprint density at radius 3 is 2.84 bits per heavy atom. The van der Waals surface area contributed by atoms with Crippen LogP contribution in [-0.2, 0) is 36.2 Å². The van der Waals surface area contributed by atoms with E-state index in [0.29, 0.717) is 23.7 Å². The van der Waals surface area contributed by atoms with Crippen LogP contribution in [0.1, 0.15) is 31.3 Å². The first-order chi connectivity index (χ1) is 15.5.